The Morgan fingerprint density at radius 2 is 1.70 bits per heavy atom. The van der Waals surface area contributed by atoms with Gasteiger partial charge in [-0.25, -0.2) is 0 Å². The first-order chi connectivity index (χ1) is 14.7. The molecule has 0 radical (unpaired) electrons. The summed E-state index contributed by atoms with van der Waals surface area (Å²) >= 11 is 0. The molecule has 2 aromatic rings. The monoisotopic (exact) mass is 401 g/mol. The molecule has 1 N–H and O–H groups in total. The summed E-state index contributed by atoms with van der Waals surface area (Å²) in [6.45, 7) is 2.69. The van der Waals surface area contributed by atoms with Crippen LogP contribution in [0, 0.1) is 5.92 Å². The Bertz CT molecular complexity index is 934. The molecule has 2 aliphatic heterocycles. The topological polar surface area (TPSA) is 35.6 Å². The van der Waals surface area contributed by atoms with E-state index in [1.807, 2.05) is 6.07 Å². The van der Waals surface area contributed by atoms with Crippen LogP contribution in [0.4, 0.5) is 5.69 Å². The molecule has 2 aromatic carbocycles. The van der Waals surface area contributed by atoms with Crippen molar-refractivity contribution < 1.29 is 4.79 Å². The molecule has 4 aliphatic rings. The smallest absolute Gasteiger partial charge is 0.247 e. The van der Waals surface area contributed by atoms with Gasteiger partial charge in [0.25, 0.3) is 0 Å². The highest BCUT2D eigenvalue weighted by Gasteiger charge is 2.51. The van der Waals surface area contributed by atoms with E-state index in [9.17, 15) is 4.79 Å². The van der Waals surface area contributed by atoms with Gasteiger partial charge in [-0.15, -0.1) is 0 Å². The van der Waals surface area contributed by atoms with Crippen molar-refractivity contribution in [2.75, 3.05) is 24.7 Å². The van der Waals surface area contributed by atoms with Gasteiger partial charge < -0.3 is 15.1 Å². The van der Waals surface area contributed by atoms with E-state index in [1.165, 1.54) is 25.7 Å². The normalized spacial score (nSPS) is 30.2. The molecule has 1 saturated carbocycles. The van der Waals surface area contributed by atoms with E-state index >= 15 is 0 Å². The van der Waals surface area contributed by atoms with Gasteiger partial charge in [-0.3, -0.25) is 4.79 Å². The lowest BCUT2D eigenvalue weighted by molar-refractivity contribution is -0.125. The van der Waals surface area contributed by atoms with Crippen LogP contribution in [0.3, 0.4) is 0 Å². The third kappa shape index (κ3) is 2.80. The number of nitrogens with one attached hydrogen (secondary N) is 1. The van der Waals surface area contributed by atoms with Crippen LogP contribution in [0.1, 0.15) is 49.1 Å². The number of hydrogen-bond donors (Lipinski definition) is 1. The highest BCUT2D eigenvalue weighted by atomic mass is 16.2. The number of rotatable bonds is 2. The molecule has 2 heterocycles. The van der Waals surface area contributed by atoms with Crippen LogP contribution in [-0.4, -0.2) is 42.1 Å². The maximum Gasteiger partial charge on any atom is 0.247 e. The predicted octanol–water partition coefficient (Wildman–Crippen LogP) is 3.92. The highest BCUT2D eigenvalue weighted by Crippen LogP contribution is 2.49. The molecular weight excluding hydrogens is 370 g/mol. The molecule has 0 bridgehead atoms. The summed E-state index contributed by atoms with van der Waals surface area (Å²) in [5, 5.41) is 3.13. The summed E-state index contributed by atoms with van der Waals surface area (Å²) in [5.74, 6) is 1.81. The van der Waals surface area contributed by atoms with Gasteiger partial charge in [0.15, 0.2) is 0 Å². The van der Waals surface area contributed by atoms with Gasteiger partial charge in [0.1, 0.15) is 5.54 Å². The van der Waals surface area contributed by atoms with E-state index in [4.69, 9.17) is 0 Å². The summed E-state index contributed by atoms with van der Waals surface area (Å²) in [7, 11) is 0. The third-order valence-corrected chi connectivity index (χ3v) is 8.46. The Hall–Kier alpha value is -2.33. The van der Waals surface area contributed by atoms with Crippen LogP contribution >= 0.6 is 0 Å². The van der Waals surface area contributed by atoms with E-state index in [0.29, 0.717) is 12.7 Å². The van der Waals surface area contributed by atoms with Gasteiger partial charge in [0.2, 0.25) is 5.91 Å². The van der Waals surface area contributed by atoms with Crippen molar-refractivity contribution in [1.29, 1.82) is 0 Å². The molecule has 6 rings (SSSR count). The number of aryl methyl sites for hydroxylation is 1. The highest BCUT2D eigenvalue weighted by molar-refractivity contribution is 5.93. The fourth-order valence-electron chi connectivity index (χ4n) is 6.85. The summed E-state index contributed by atoms with van der Waals surface area (Å²) in [6.07, 6.45) is 7.08. The SMILES string of the molecule is O=C1NCN(c2ccccc2)C12CCN(C1CC3CCc4ccccc4C3C1)CC2. The molecule has 30 heavy (non-hydrogen) atoms. The quantitative estimate of drug-likeness (QED) is 0.828. The third-order valence-electron chi connectivity index (χ3n) is 8.46. The van der Waals surface area contributed by atoms with Crippen molar-refractivity contribution in [1.82, 2.24) is 10.2 Å². The minimum atomic E-state index is -0.365. The zero-order chi connectivity index (χ0) is 20.1. The summed E-state index contributed by atoms with van der Waals surface area (Å²) in [6, 6.07) is 20.2. The second kappa shape index (κ2) is 7.12. The largest absolute Gasteiger partial charge is 0.339 e. The lowest BCUT2D eigenvalue weighted by atomic mass is 9.77. The molecule has 4 nitrogen and oxygen atoms in total. The lowest BCUT2D eigenvalue weighted by Gasteiger charge is -2.45. The zero-order valence-electron chi connectivity index (χ0n) is 17.6. The number of piperidine rings is 1. The molecule has 3 fully saturated rings. The summed E-state index contributed by atoms with van der Waals surface area (Å²) < 4.78 is 0. The Kier molecular flexibility index (Phi) is 4.38. The maximum atomic E-state index is 12.9. The van der Waals surface area contributed by atoms with Crippen molar-refractivity contribution in [2.45, 2.75) is 56.0 Å². The minimum absolute atomic E-state index is 0.222. The van der Waals surface area contributed by atoms with Crippen LogP contribution in [0.2, 0.25) is 0 Å². The average molecular weight is 402 g/mol. The van der Waals surface area contributed by atoms with Gasteiger partial charge >= 0.3 is 0 Å². The second-order valence-electron chi connectivity index (χ2n) is 9.72. The van der Waals surface area contributed by atoms with Crippen LogP contribution in [0.5, 0.6) is 0 Å². The van der Waals surface area contributed by atoms with Crippen LogP contribution < -0.4 is 10.2 Å². The fourth-order valence-corrected chi connectivity index (χ4v) is 6.85. The number of hydrogen-bond acceptors (Lipinski definition) is 3. The molecule has 3 unspecified atom stereocenters. The van der Waals surface area contributed by atoms with E-state index in [1.54, 1.807) is 11.1 Å². The van der Waals surface area contributed by atoms with Gasteiger partial charge in [0, 0.05) is 24.8 Å². The molecule has 1 spiro atoms. The number of anilines is 1. The average Bonchev–Trinajstić information content (AvgIpc) is 3.37. The first-order valence-corrected chi connectivity index (χ1v) is 11.7. The number of carbonyl (C=O) groups is 1. The molecule has 0 aromatic heterocycles. The standard InChI is InChI=1S/C26H31N3O/c30-25-26(29(18-27-25)21-7-2-1-3-8-21)12-14-28(15-13-26)22-16-20-11-10-19-6-4-5-9-23(19)24(20)17-22/h1-9,20,22,24H,10-18H2,(H,27,30). The minimum Gasteiger partial charge on any atom is -0.339 e. The van der Waals surface area contributed by atoms with Gasteiger partial charge in [0.05, 0.1) is 6.67 Å². The summed E-state index contributed by atoms with van der Waals surface area (Å²) in [5.41, 5.74) is 4.00. The second-order valence-corrected chi connectivity index (χ2v) is 9.72. The number of likely N-dealkylation sites (tertiary alicyclic amines) is 1. The van der Waals surface area contributed by atoms with E-state index in [0.717, 1.165) is 43.5 Å². The van der Waals surface area contributed by atoms with Crippen molar-refractivity contribution in [3.8, 4) is 0 Å². The summed E-state index contributed by atoms with van der Waals surface area (Å²) in [4.78, 5) is 18.0. The Morgan fingerprint density at radius 3 is 2.53 bits per heavy atom. The number of fused-ring (bicyclic) bond motifs is 3. The molecule has 2 aliphatic carbocycles. The zero-order valence-corrected chi connectivity index (χ0v) is 17.6. The molecule has 3 atom stereocenters. The molecular formula is C26H31N3O. The van der Waals surface area contributed by atoms with Crippen molar-refractivity contribution in [3.05, 3.63) is 65.7 Å². The van der Waals surface area contributed by atoms with Gasteiger partial charge in [-0.1, -0.05) is 42.5 Å². The molecule has 1 amide bonds. The molecule has 156 valence electrons. The van der Waals surface area contributed by atoms with Gasteiger partial charge in [-0.05, 0) is 73.6 Å². The van der Waals surface area contributed by atoms with Crippen molar-refractivity contribution in [3.63, 3.8) is 0 Å². The Morgan fingerprint density at radius 1 is 0.933 bits per heavy atom. The maximum absolute atomic E-state index is 12.9. The van der Waals surface area contributed by atoms with Crippen LogP contribution in [0.25, 0.3) is 0 Å². The van der Waals surface area contributed by atoms with E-state index < -0.39 is 0 Å². The van der Waals surface area contributed by atoms with Crippen LogP contribution in [0.15, 0.2) is 54.6 Å². The first-order valence-electron chi connectivity index (χ1n) is 11.7. The number of nitrogens with zero attached hydrogens (tertiary/aromatic N) is 2. The number of amides is 1. The Labute approximate surface area is 179 Å². The Balaban J connectivity index is 1.18. The van der Waals surface area contributed by atoms with Gasteiger partial charge in [-0.2, -0.15) is 0 Å². The van der Waals surface area contributed by atoms with E-state index in [-0.39, 0.29) is 11.4 Å². The number of carbonyl (C=O) groups excluding carboxylic acids is 1. The van der Waals surface area contributed by atoms with Crippen LogP contribution in [-0.2, 0) is 11.2 Å². The number of benzene rings is 2. The fraction of sp³-hybridized carbons (Fsp3) is 0.500. The van der Waals surface area contributed by atoms with Crippen molar-refractivity contribution in [2.24, 2.45) is 5.92 Å². The predicted molar refractivity (Wildman–Crippen MR) is 119 cm³/mol. The van der Waals surface area contributed by atoms with E-state index in [2.05, 4.69) is 63.6 Å². The molecule has 2 saturated heterocycles. The lowest BCUT2D eigenvalue weighted by Crippen LogP contribution is -2.57. The van der Waals surface area contributed by atoms with Crippen molar-refractivity contribution >= 4 is 11.6 Å². The molecule has 4 heteroatoms. The number of para-hydroxylation sites is 1. The first kappa shape index (κ1) is 18.4.